The summed E-state index contributed by atoms with van der Waals surface area (Å²) in [6.45, 7) is 0. The third kappa shape index (κ3) is 2.78. The molecule has 16 heavy (non-hydrogen) atoms. The highest BCUT2D eigenvalue weighted by Gasteiger charge is 2.06. The predicted molar refractivity (Wildman–Crippen MR) is 70.0 cm³/mol. The molecule has 1 N–H and O–H groups in total. The highest BCUT2D eigenvalue weighted by molar-refractivity contribution is 9.10. The lowest BCUT2D eigenvalue weighted by atomic mass is 10.4. The van der Waals surface area contributed by atoms with Crippen LogP contribution in [0.2, 0.25) is 0 Å². The molecule has 0 fully saturated rings. The van der Waals surface area contributed by atoms with Crippen molar-refractivity contribution < 1.29 is 9.90 Å². The maximum atomic E-state index is 10.6. The van der Waals surface area contributed by atoms with Crippen molar-refractivity contribution in [2.24, 2.45) is 0 Å². The Labute approximate surface area is 108 Å². The van der Waals surface area contributed by atoms with Gasteiger partial charge in [0.1, 0.15) is 9.88 Å². The first kappa shape index (κ1) is 11.5. The van der Waals surface area contributed by atoms with Gasteiger partial charge in [-0.1, -0.05) is 0 Å². The van der Waals surface area contributed by atoms with Crippen LogP contribution in [0.5, 0.6) is 0 Å². The molecule has 0 bridgehead atoms. The molecule has 6 heteroatoms. The number of carbonyl (C=O) groups is 1. The molecular weight excluding hydrogens is 310 g/mol. The maximum absolute atomic E-state index is 10.6. The van der Waals surface area contributed by atoms with Crippen molar-refractivity contribution in [1.29, 1.82) is 0 Å². The lowest BCUT2D eigenvalue weighted by Gasteiger charge is -1.83. The zero-order valence-electron chi connectivity index (χ0n) is 7.88. The summed E-state index contributed by atoms with van der Waals surface area (Å²) in [7, 11) is 0. The summed E-state index contributed by atoms with van der Waals surface area (Å²) in [5.74, 6) is -0.934. The van der Waals surface area contributed by atoms with Crippen LogP contribution in [0.1, 0.15) is 19.6 Å². The molecule has 0 radical (unpaired) electrons. The Morgan fingerprint density at radius 2 is 2.31 bits per heavy atom. The molecule has 2 aromatic heterocycles. The second kappa shape index (κ2) is 4.90. The molecule has 3 nitrogen and oxygen atoms in total. The third-order valence-electron chi connectivity index (χ3n) is 1.71. The molecule has 0 aliphatic carbocycles. The van der Waals surface area contributed by atoms with Gasteiger partial charge in [-0.05, 0) is 34.1 Å². The van der Waals surface area contributed by atoms with Crippen LogP contribution in [0.25, 0.3) is 12.2 Å². The fraction of sp³-hybridized carbons (Fsp3) is 0. The number of nitrogens with zero attached hydrogens (tertiary/aromatic N) is 1. The number of rotatable bonds is 3. The summed E-state index contributed by atoms with van der Waals surface area (Å²) in [6.07, 6.45) is 5.10. The summed E-state index contributed by atoms with van der Waals surface area (Å²) in [6, 6.07) is 1.99. The minimum absolute atomic E-state index is 0.256. The van der Waals surface area contributed by atoms with E-state index in [1.807, 2.05) is 23.6 Å². The average Bonchev–Trinajstić information content (AvgIpc) is 2.83. The zero-order valence-corrected chi connectivity index (χ0v) is 11.1. The van der Waals surface area contributed by atoms with Crippen LogP contribution < -0.4 is 0 Å². The Kier molecular flexibility index (Phi) is 3.52. The minimum atomic E-state index is -0.934. The fourth-order valence-electron chi connectivity index (χ4n) is 1.03. The van der Waals surface area contributed by atoms with Gasteiger partial charge in [-0.25, -0.2) is 9.78 Å². The molecule has 2 aromatic rings. The number of thiophene rings is 1. The Morgan fingerprint density at radius 3 is 2.88 bits per heavy atom. The molecule has 0 aromatic carbocycles. The van der Waals surface area contributed by atoms with Crippen molar-refractivity contribution in [1.82, 2.24) is 4.98 Å². The van der Waals surface area contributed by atoms with Crippen LogP contribution >= 0.6 is 38.6 Å². The van der Waals surface area contributed by atoms with E-state index in [1.165, 1.54) is 6.20 Å². The Bertz CT molecular complexity index is 545. The van der Waals surface area contributed by atoms with E-state index in [1.54, 1.807) is 11.3 Å². The second-order valence-electron chi connectivity index (χ2n) is 2.87. The largest absolute Gasteiger partial charge is 0.477 e. The van der Waals surface area contributed by atoms with Crippen molar-refractivity contribution in [3.8, 4) is 0 Å². The fourth-order valence-corrected chi connectivity index (χ4v) is 3.03. The first-order valence-corrected chi connectivity index (χ1v) is 6.75. The molecule has 2 heterocycles. The molecule has 0 amide bonds. The van der Waals surface area contributed by atoms with Crippen molar-refractivity contribution >= 4 is 56.7 Å². The van der Waals surface area contributed by atoms with Crippen molar-refractivity contribution in [2.75, 3.05) is 0 Å². The average molecular weight is 316 g/mol. The minimum Gasteiger partial charge on any atom is -0.477 e. The summed E-state index contributed by atoms with van der Waals surface area (Å²) in [5.41, 5.74) is 0. The molecule has 0 aliphatic heterocycles. The molecule has 82 valence electrons. The van der Waals surface area contributed by atoms with Crippen LogP contribution in [0.3, 0.4) is 0 Å². The zero-order chi connectivity index (χ0) is 11.5. The van der Waals surface area contributed by atoms with E-state index < -0.39 is 5.97 Å². The summed E-state index contributed by atoms with van der Waals surface area (Å²) in [4.78, 5) is 16.0. The Hall–Kier alpha value is -0.980. The van der Waals surface area contributed by atoms with Gasteiger partial charge in [-0.2, -0.15) is 0 Å². The Balaban J connectivity index is 2.14. The van der Waals surface area contributed by atoms with Crippen LogP contribution in [0.15, 0.2) is 22.1 Å². The van der Waals surface area contributed by atoms with Crippen molar-refractivity contribution in [2.45, 2.75) is 0 Å². The van der Waals surface area contributed by atoms with E-state index in [4.69, 9.17) is 5.11 Å². The van der Waals surface area contributed by atoms with Gasteiger partial charge < -0.3 is 5.11 Å². The lowest BCUT2D eigenvalue weighted by Crippen LogP contribution is -1.89. The van der Waals surface area contributed by atoms with Crippen molar-refractivity contribution in [3.63, 3.8) is 0 Å². The van der Waals surface area contributed by atoms with E-state index in [-0.39, 0.29) is 4.88 Å². The summed E-state index contributed by atoms with van der Waals surface area (Å²) in [5, 5.41) is 11.4. The highest BCUT2D eigenvalue weighted by atomic mass is 79.9. The van der Waals surface area contributed by atoms with Crippen LogP contribution in [0, 0.1) is 0 Å². The van der Waals surface area contributed by atoms with E-state index in [0.717, 1.165) is 20.7 Å². The number of aromatic carboxylic acids is 1. The number of carboxylic acids is 1. The highest BCUT2D eigenvalue weighted by Crippen LogP contribution is 2.22. The topological polar surface area (TPSA) is 50.2 Å². The standard InChI is InChI=1S/C10H6BrNO2S2/c11-6-3-7(15-5-6)1-2-9-12-4-8(16-9)10(13)14/h1-5H,(H,13,14)/b2-1+. The van der Waals surface area contributed by atoms with Gasteiger partial charge in [0, 0.05) is 14.7 Å². The van der Waals surface area contributed by atoms with Crippen LogP contribution in [-0.2, 0) is 0 Å². The maximum Gasteiger partial charge on any atom is 0.347 e. The number of hydrogen-bond acceptors (Lipinski definition) is 4. The number of thiazole rings is 1. The van der Waals surface area contributed by atoms with Gasteiger partial charge in [0.05, 0.1) is 6.20 Å². The van der Waals surface area contributed by atoms with Crippen LogP contribution in [0.4, 0.5) is 0 Å². The molecule has 0 saturated carbocycles. The van der Waals surface area contributed by atoms with Crippen LogP contribution in [-0.4, -0.2) is 16.1 Å². The van der Waals surface area contributed by atoms with E-state index in [2.05, 4.69) is 20.9 Å². The predicted octanol–water partition coefficient (Wildman–Crippen LogP) is 3.84. The number of carboxylic acid groups (broad SMARTS) is 1. The summed E-state index contributed by atoms with van der Waals surface area (Å²) < 4.78 is 1.04. The molecule has 0 saturated heterocycles. The first-order chi connectivity index (χ1) is 7.65. The summed E-state index contributed by atoms with van der Waals surface area (Å²) >= 11 is 6.14. The van der Waals surface area contributed by atoms with Gasteiger partial charge in [-0.3, -0.25) is 0 Å². The first-order valence-electron chi connectivity index (χ1n) is 4.26. The van der Waals surface area contributed by atoms with Gasteiger partial charge in [0.2, 0.25) is 0 Å². The molecule has 0 atom stereocenters. The molecule has 2 rings (SSSR count). The molecular formula is C10H6BrNO2S2. The van der Waals surface area contributed by atoms with Gasteiger partial charge in [0.25, 0.3) is 0 Å². The normalized spacial score (nSPS) is 11.1. The van der Waals surface area contributed by atoms with Gasteiger partial charge in [0.15, 0.2) is 0 Å². The number of aromatic nitrogens is 1. The lowest BCUT2D eigenvalue weighted by molar-refractivity contribution is 0.0702. The van der Waals surface area contributed by atoms with Gasteiger partial charge >= 0.3 is 5.97 Å². The van der Waals surface area contributed by atoms with Crippen molar-refractivity contribution in [3.05, 3.63) is 36.9 Å². The van der Waals surface area contributed by atoms with E-state index >= 15 is 0 Å². The van der Waals surface area contributed by atoms with E-state index in [9.17, 15) is 4.79 Å². The van der Waals surface area contributed by atoms with Gasteiger partial charge in [-0.15, -0.1) is 22.7 Å². The second-order valence-corrected chi connectivity index (χ2v) is 5.79. The molecule has 0 spiro atoms. The molecule has 0 unspecified atom stereocenters. The smallest absolute Gasteiger partial charge is 0.347 e. The van der Waals surface area contributed by atoms with E-state index in [0.29, 0.717) is 5.01 Å². The molecule has 0 aliphatic rings. The monoisotopic (exact) mass is 315 g/mol. The number of hydrogen-bond donors (Lipinski definition) is 1. The SMILES string of the molecule is O=C(O)c1cnc(/C=C/c2cc(Br)cs2)s1. The number of halogens is 1. The Morgan fingerprint density at radius 1 is 1.50 bits per heavy atom. The third-order valence-corrected chi connectivity index (χ3v) is 4.32. The quantitative estimate of drug-likeness (QED) is 0.936.